The molecule has 0 unspecified atom stereocenters. The molecule has 9 nitrogen and oxygen atoms in total. The number of nitrogens with zero attached hydrogens (tertiary/aromatic N) is 3. The second-order valence-corrected chi connectivity index (χ2v) is 12.6. The fraction of sp³-hybridized carbons (Fsp3) is 0.545. The molecule has 0 aromatic heterocycles. The fourth-order valence-corrected chi connectivity index (χ4v) is 5.98. The van der Waals surface area contributed by atoms with E-state index in [1.165, 1.54) is 0 Å². The van der Waals surface area contributed by atoms with Crippen molar-refractivity contribution in [2.45, 2.75) is 70.9 Å². The second kappa shape index (κ2) is 12.3. The minimum absolute atomic E-state index is 0.00815. The van der Waals surface area contributed by atoms with Crippen molar-refractivity contribution in [1.29, 1.82) is 0 Å². The van der Waals surface area contributed by atoms with Gasteiger partial charge in [-0.1, -0.05) is 29.8 Å². The zero-order valence-corrected chi connectivity index (χ0v) is 25.4. The van der Waals surface area contributed by atoms with E-state index in [-0.39, 0.29) is 36.9 Å². The Morgan fingerprint density at radius 3 is 2.57 bits per heavy atom. The summed E-state index contributed by atoms with van der Waals surface area (Å²) in [6.45, 7) is 9.46. The highest BCUT2D eigenvalue weighted by Crippen LogP contribution is 2.42. The molecular weight excluding hydrogens is 534 g/mol. The van der Waals surface area contributed by atoms with E-state index in [2.05, 4.69) is 25.1 Å². The van der Waals surface area contributed by atoms with Gasteiger partial charge in [-0.2, -0.15) is 0 Å². The van der Waals surface area contributed by atoms with Crippen molar-refractivity contribution in [2.75, 3.05) is 49.8 Å². The summed E-state index contributed by atoms with van der Waals surface area (Å²) in [6, 6.07) is 14.1. The third-order valence-electron chi connectivity index (χ3n) is 8.10. The molecule has 0 bridgehead atoms. The lowest BCUT2D eigenvalue weighted by atomic mass is 9.79. The van der Waals surface area contributed by atoms with Gasteiger partial charge in [-0.05, 0) is 83.1 Å². The number of carbonyl (C=O) groups excluding carboxylic acids is 3. The Bertz CT molecular complexity index is 1320. The number of rotatable bonds is 8. The highest BCUT2D eigenvalue weighted by atomic mass is 16.6. The van der Waals surface area contributed by atoms with Gasteiger partial charge in [-0.15, -0.1) is 0 Å². The van der Waals surface area contributed by atoms with Crippen LogP contribution < -0.4 is 14.5 Å². The minimum atomic E-state index is -0.623. The number of likely N-dealkylation sites (tertiary alicyclic amines) is 1. The molecule has 0 radical (unpaired) electrons. The number of methoxy groups -OCH3 is 1. The predicted octanol–water partition coefficient (Wildman–Crippen LogP) is 5.29. The van der Waals surface area contributed by atoms with Gasteiger partial charge in [0.1, 0.15) is 11.4 Å². The summed E-state index contributed by atoms with van der Waals surface area (Å²) in [5, 5.41) is 0. The molecule has 0 N–H and O–H groups in total. The first kappa shape index (κ1) is 29.9. The average molecular weight is 578 g/mol. The normalized spacial score (nSPS) is 20.5. The molecule has 226 valence electrons. The van der Waals surface area contributed by atoms with Gasteiger partial charge in [-0.25, -0.2) is 4.79 Å². The first-order chi connectivity index (χ1) is 20.1. The highest BCUT2D eigenvalue weighted by Gasteiger charge is 2.44. The number of benzene rings is 2. The van der Waals surface area contributed by atoms with Crippen molar-refractivity contribution in [1.82, 2.24) is 4.90 Å². The summed E-state index contributed by atoms with van der Waals surface area (Å²) in [4.78, 5) is 45.9. The third-order valence-corrected chi connectivity index (χ3v) is 8.10. The Labute approximate surface area is 248 Å². The molecule has 42 heavy (non-hydrogen) atoms. The van der Waals surface area contributed by atoms with Crippen molar-refractivity contribution in [3.05, 3.63) is 53.6 Å². The molecule has 0 spiro atoms. The fourth-order valence-electron chi connectivity index (χ4n) is 5.98. The van der Waals surface area contributed by atoms with Crippen molar-refractivity contribution >= 4 is 29.3 Å². The summed E-state index contributed by atoms with van der Waals surface area (Å²) >= 11 is 0. The van der Waals surface area contributed by atoms with Crippen LogP contribution in [0, 0.1) is 12.8 Å². The maximum atomic E-state index is 14.6. The van der Waals surface area contributed by atoms with Crippen LogP contribution >= 0.6 is 0 Å². The minimum Gasteiger partial charge on any atom is -0.482 e. The van der Waals surface area contributed by atoms with Crippen molar-refractivity contribution in [2.24, 2.45) is 5.92 Å². The van der Waals surface area contributed by atoms with E-state index in [9.17, 15) is 14.4 Å². The number of amides is 3. The van der Waals surface area contributed by atoms with E-state index in [1.54, 1.807) is 16.9 Å². The van der Waals surface area contributed by atoms with Crippen LogP contribution in [0.1, 0.15) is 63.5 Å². The van der Waals surface area contributed by atoms with Gasteiger partial charge >= 0.3 is 6.09 Å². The maximum absolute atomic E-state index is 14.6. The number of hydrogen-bond acceptors (Lipinski definition) is 6. The molecule has 3 aliphatic rings. The lowest BCUT2D eigenvalue weighted by molar-refractivity contribution is -0.124. The standard InChI is InChI=1S/C33H43N3O6/c1-22-8-6-9-23(18-22)26-14-16-34(32(39)42-33(2,3)4)20-27(26)31(38)36(24-10-11-24)25-12-13-29-28(19-25)35(15-7-17-40-5)30(37)21-41-29/h6,8-9,12-13,18-19,24,26-27H,7,10-11,14-17,20-21H2,1-5H3/t26-,27+/m1/s1. The SMILES string of the molecule is COCCCN1C(=O)COc2ccc(N(C(=O)[C@H]3CN(C(=O)OC(C)(C)C)CC[C@@H]3c3cccc(C)c3)C3CC3)cc21. The van der Waals surface area contributed by atoms with E-state index < -0.39 is 17.6 Å². The highest BCUT2D eigenvalue weighted by molar-refractivity contribution is 6.01. The van der Waals surface area contributed by atoms with E-state index in [0.717, 1.165) is 29.7 Å². The molecular formula is C33H43N3O6. The summed E-state index contributed by atoms with van der Waals surface area (Å²) in [5.74, 6) is 0.0298. The Morgan fingerprint density at radius 1 is 1.10 bits per heavy atom. The van der Waals surface area contributed by atoms with Gasteiger partial charge in [0.2, 0.25) is 5.91 Å². The van der Waals surface area contributed by atoms with Crippen molar-refractivity contribution < 1.29 is 28.6 Å². The quantitative estimate of drug-likeness (QED) is 0.396. The Morgan fingerprint density at radius 2 is 1.88 bits per heavy atom. The Hall–Kier alpha value is -3.59. The molecule has 3 amide bonds. The Kier molecular flexibility index (Phi) is 8.78. The molecule has 2 fully saturated rings. The summed E-state index contributed by atoms with van der Waals surface area (Å²) in [7, 11) is 1.64. The zero-order chi connectivity index (χ0) is 30.0. The Balaban J connectivity index is 1.47. The zero-order valence-electron chi connectivity index (χ0n) is 25.4. The molecule has 9 heteroatoms. The van der Waals surface area contributed by atoms with E-state index in [1.807, 2.05) is 49.9 Å². The van der Waals surface area contributed by atoms with Crippen LogP contribution in [0.25, 0.3) is 0 Å². The van der Waals surface area contributed by atoms with Crippen LogP contribution in [0.15, 0.2) is 42.5 Å². The van der Waals surface area contributed by atoms with Gasteiger partial charge in [0.25, 0.3) is 5.91 Å². The third kappa shape index (κ3) is 6.72. The van der Waals surface area contributed by atoms with Crippen LogP contribution in [0.5, 0.6) is 5.75 Å². The van der Waals surface area contributed by atoms with Gasteiger partial charge in [0.15, 0.2) is 6.61 Å². The molecule has 5 rings (SSSR count). The van der Waals surface area contributed by atoms with E-state index in [0.29, 0.717) is 44.0 Å². The summed E-state index contributed by atoms with van der Waals surface area (Å²) in [5.41, 5.74) is 3.05. The molecule has 2 atom stereocenters. The first-order valence-corrected chi connectivity index (χ1v) is 15.0. The molecule has 1 aliphatic carbocycles. The lowest BCUT2D eigenvalue weighted by Gasteiger charge is -2.41. The largest absolute Gasteiger partial charge is 0.482 e. The number of anilines is 2. The topological polar surface area (TPSA) is 88.6 Å². The van der Waals surface area contributed by atoms with Crippen molar-refractivity contribution in [3.63, 3.8) is 0 Å². The van der Waals surface area contributed by atoms with Crippen molar-refractivity contribution in [3.8, 4) is 5.75 Å². The second-order valence-electron chi connectivity index (χ2n) is 12.6. The molecule has 2 aromatic rings. The number of piperidine rings is 1. The predicted molar refractivity (Wildman–Crippen MR) is 161 cm³/mol. The lowest BCUT2D eigenvalue weighted by Crippen LogP contribution is -2.51. The molecule has 2 heterocycles. The molecule has 2 aromatic carbocycles. The number of carbonyl (C=O) groups is 3. The maximum Gasteiger partial charge on any atom is 0.410 e. The molecule has 1 saturated heterocycles. The smallest absolute Gasteiger partial charge is 0.410 e. The summed E-state index contributed by atoms with van der Waals surface area (Å²) in [6.07, 6.45) is 2.79. The number of fused-ring (bicyclic) bond motifs is 1. The monoisotopic (exact) mass is 577 g/mol. The van der Waals surface area contributed by atoms with Gasteiger partial charge in [-0.3, -0.25) is 9.59 Å². The van der Waals surface area contributed by atoms with Crippen LogP contribution in [0.2, 0.25) is 0 Å². The number of hydrogen-bond donors (Lipinski definition) is 0. The van der Waals surface area contributed by atoms with Crippen LogP contribution in [-0.4, -0.2) is 74.4 Å². The number of aryl methyl sites for hydroxylation is 1. The van der Waals surface area contributed by atoms with Crippen LogP contribution in [0.4, 0.5) is 16.2 Å². The molecule has 1 saturated carbocycles. The van der Waals surface area contributed by atoms with Gasteiger partial charge in [0, 0.05) is 45.1 Å². The van der Waals surface area contributed by atoms with E-state index >= 15 is 0 Å². The average Bonchev–Trinajstić information content (AvgIpc) is 3.78. The van der Waals surface area contributed by atoms with Gasteiger partial charge < -0.3 is 28.9 Å². The molecule has 2 aliphatic heterocycles. The summed E-state index contributed by atoms with van der Waals surface area (Å²) < 4.78 is 16.6. The van der Waals surface area contributed by atoms with Crippen LogP contribution in [0.3, 0.4) is 0 Å². The number of ether oxygens (including phenoxy) is 3. The van der Waals surface area contributed by atoms with Gasteiger partial charge in [0.05, 0.1) is 11.6 Å². The van der Waals surface area contributed by atoms with Crippen LogP contribution in [-0.2, 0) is 19.1 Å². The first-order valence-electron chi connectivity index (χ1n) is 15.0. The van der Waals surface area contributed by atoms with E-state index in [4.69, 9.17) is 14.2 Å².